The van der Waals surface area contributed by atoms with Gasteiger partial charge in [0.2, 0.25) is 0 Å². The van der Waals surface area contributed by atoms with Crippen LogP contribution in [-0.4, -0.2) is 31.1 Å². The average molecular weight is 275 g/mol. The lowest BCUT2D eigenvalue weighted by Gasteiger charge is -2.18. The van der Waals surface area contributed by atoms with Crippen LogP contribution >= 0.6 is 23.2 Å². The summed E-state index contributed by atoms with van der Waals surface area (Å²) in [6, 6.07) is 6.32. The van der Waals surface area contributed by atoms with Gasteiger partial charge in [-0.2, -0.15) is 0 Å². The zero-order valence-electron chi connectivity index (χ0n) is 10.6. The normalized spacial score (nSPS) is 11.5. The Balaban J connectivity index is 2.39. The molecule has 0 aliphatic heterocycles. The highest BCUT2D eigenvalue weighted by molar-refractivity contribution is 6.42. The number of hydrogen-bond donors (Lipinski definition) is 1. The van der Waals surface area contributed by atoms with Gasteiger partial charge in [0.15, 0.2) is 0 Å². The molecule has 2 nitrogen and oxygen atoms in total. The molecule has 96 valence electrons. The molecular formula is C13H20Cl2N2. The SMILES string of the molecule is CC(C)NCCN(C)Cc1ccc(Cl)c(Cl)c1. The fourth-order valence-corrected chi connectivity index (χ4v) is 1.89. The molecule has 1 aromatic carbocycles. The minimum Gasteiger partial charge on any atom is -0.313 e. The van der Waals surface area contributed by atoms with E-state index >= 15 is 0 Å². The predicted octanol–water partition coefficient (Wildman–Crippen LogP) is 3.42. The molecule has 0 aromatic heterocycles. The van der Waals surface area contributed by atoms with Crippen molar-refractivity contribution in [3.8, 4) is 0 Å². The van der Waals surface area contributed by atoms with Crippen molar-refractivity contribution in [2.45, 2.75) is 26.4 Å². The molecule has 1 rings (SSSR count). The molecule has 0 aliphatic rings. The summed E-state index contributed by atoms with van der Waals surface area (Å²) in [5, 5.41) is 4.63. The molecule has 0 amide bonds. The third kappa shape index (κ3) is 5.73. The van der Waals surface area contributed by atoms with E-state index in [-0.39, 0.29) is 0 Å². The summed E-state index contributed by atoms with van der Waals surface area (Å²) in [4.78, 5) is 2.26. The van der Waals surface area contributed by atoms with Gasteiger partial charge in [-0.25, -0.2) is 0 Å². The lowest BCUT2D eigenvalue weighted by molar-refractivity contribution is 0.320. The van der Waals surface area contributed by atoms with Gasteiger partial charge >= 0.3 is 0 Å². The van der Waals surface area contributed by atoms with Crippen molar-refractivity contribution in [1.29, 1.82) is 0 Å². The molecular weight excluding hydrogens is 255 g/mol. The zero-order valence-corrected chi connectivity index (χ0v) is 12.1. The van der Waals surface area contributed by atoms with Crippen molar-refractivity contribution >= 4 is 23.2 Å². The first kappa shape index (κ1) is 14.8. The maximum atomic E-state index is 5.98. The molecule has 1 aromatic rings. The Bertz CT molecular complexity index is 353. The van der Waals surface area contributed by atoms with Gasteiger partial charge in [0, 0.05) is 25.7 Å². The number of likely N-dealkylation sites (N-methyl/N-ethyl adjacent to an activating group) is 1. The van der Waals surface area contributed by atoms with Gasteiger partial charge < -0.3 is 10.2 Å². The van der Waals surface area contributed by atoms with Crippen LogP contribution in [0.15, 0.2) is 18.2 Å². The molecule has 0 heterocycles. The molecule has 1 N–H and O–H groups in total. The van der Waals surface area contributed by atoms with Crippen molar-refractivity contribution in [3.63, 3.8) is 0 Å². The lowest BCUT2D eigenvalue weighted by Crippen LogP contribution is -2.32. The first-order valence-electron chi connectivity index (χ1n) is 5.85. The molecule has 0 unspecified atom stereocenters. The summed E-state index contributed by atoms with van der Waals surface area (Å²) in [6.45, 7) is 7.20. The zero-order chi connectivity index (χ0) is 12.8. The summed E-state index contributed by atoms with van der Waals surface area (Å²) >= 11 is 11.9. The fraction of sp³-hybridized carbons (Fsp3) is 0.538. The highest BCUT2D eigenvalue weighted by Gasteiger charge is 2.03. The van der Waals surface area contributed by atoms with E-state index in [9.17, 15) is 0 Å². The molecule has 0 radical (unpaired) electrons. The van der Waals surface area contributed by atoms with Crippen LogP contribution in [0.4, 0.5) is 0 Å². The van der Waals surface area contributed by atoms with Crippen molar-refractivity contribution in [1.82, 2.24) is 10.2 Å². The van der Waals surface area contributed by atoms with Crippen LogP contribution in [0.3, 0.4) is 0 Å². The van der Waals surface area contributed by atoms with Crippen LogP contribution in [-0.2, 0) is 6.54 Å². The van der Waals surface area contributed by atoms with Crippen LogP contribution in [0.2, 0.25) is 10.0 Å². The van der Waals surface area contributed by atoms with E-state index < -0.39 is 0 Å². The third-order valence-corrected chi connectivity index (χ3v) is 3.22. The second-order valence-corrected chi connectivity index (χ2v) is 5.41. The molecule has 0 spiro atoms. The van der Waals surface area contributed by atoms with Crippen LogP contribution in [0.5, 0.6) is 0 Å². The molecule has 0 saturated carbocycles. The van der Waals surface area contributed by atoms with E-state index in [0.717, 1.165) is 19.6 Å². The van der Waals surface area contributed by atoms with Gasteiger partial charge in [-0.1, -0.05) is 43.1 Å². The minimum absolute atomic E-state index is 0.536. The standard InChI is InChI=1S/C13H20Cl2N2/c1-10(2)16-6-7-17(3)9-11-4-5-12(14)13(15)8-11/h4-5,8,10,16H,6-7,9H2,1-3H3. The topological polar surface area (TPSA) is 15.3 Å². The minimum atomic E-state index is 0.536. The van der Waals surface area contributed by atoms with Crippen molar-refractivity contribution in [2.75, 3.05) is 20.1 Å². The average Bonchev–Trinajstić information content (AvgIpc) is 2.23. The smallest absolute Gasteiger partial charge is 0.0595 e. The Kier molecular flexibility index (Phi) is 6.28. The number of hydrogen-bond acceptors (Lipinski definition) is 2. The Morgan fingerprint density at radius 1 is 1.24 bits per heavy atom. The first-order chi connectivity index (χ1) is 7.99. The fourth-order valence-electron chi connectivity index (χ4n) is 1.57. The van der Waals surface area contributed by atoms with Crippen molar-refractivity contribution in [2.24, 2.45) is 0 Å². The Labute approximate surface area is 114 Å². The Morgan fingerprint density at radius 3 is 2.53 bits per heavy atom. The second kappa shape index (κ2) is 7.22. The molecule has 0 bridgehead atoms. The monoisotopic (exact) mass is 274 g/mol. The maximum Gasteiger partial charge on any atom is 0.0595 e. The van der Waals surface area contributed by atoms with Crippen LogP contribution in [0.25, 0.3) is 0 Å². The second-order valence-electron chi connectivity index (χ2n) is 4.60. The van der Waals surface area contributed by atoms with Crippen LogP contribution in [0.1, 0.15) is 19.4 Å². The van der Waals surface area contributed by atoms with E-state index in [1.165, 1.54) is 5.56 Å². The number of halogens is 2. The van der Waals surface area contributed by atoms with Gasteiger partial charge in [0.1, 0.15) is 0 Å². The summed E-state index contributed by atoms with van der Waals surface area (Å²) < 4.78 is 0. The van der Waals surface area contributed by atoms with Gasteiger partial charge in [-0.15, -0.1) is 0 Å². The highest BCUT2D eigenvalue weighted by Crippen LogP contribution is 2.22. The van der Waals surface area contributed by atoms with Gasteiger partial charge in [-0.3, -0.25) is 0 Å². The van der Waals surface area contributed by atoms with E-state index in [0.29, 0.717) is 16.1 Å². The molecule has 0 fully saturated rings. The van der Waals surface area contributed by atoms with Crippen molar-refractivity contribution in [3.05, 3.63) is 33.8 Å². The molecule has 0 saturated heterocycles. The Morgan fingerprint density at radius 2 is 1.94 bits per heavy atom. The number of nitrogens with zero attached hydrogens (tertiary/aromatic N) is 1. The number of rotatable bonds is 6. The van der Waals surface area contributed by atoms with Gasteiger partial charge in [-0.05, 0) is 24.7 Å². The number of nitrogens with one attached hydrogen (secondary N) is 1. The van der Waals surface area contributed by atoms with E-state index in [4.69, 9.17) is 23.2 Å². The quantitative estimate of drug-likeness (QED) is 0.855. The third-order valence-electron chi connectivity index (χ3n) is 2.48. The molecule has 4 heteroatoms. The molecule has 0 aliphatic carbocycles. The first-order valence-corrected chi connectivity index (χ1v) is 6.60. The number of benzene rings is 1. The van der Waals surface area contributed by atoms with Crippen LogP contribution < -0.4 is 5.32 Å². The summed E-state index contributed by atoms with van der Waals surface area (Å²) in [5.74, 6) is 0. The van der Waals surface area contributed by atoms with E-state index in [2.05, 4.69) is 31.1 Å². The largest absolute Gasteiger partial charge is 0.313 e. The highest BCUT2D eigenvalue weighted by atomic mass is 35.5. The molecule has 17 heavy (non-hydrogen) atoms. The van der Waals surface area contributed by atoms with Crippen molar-refractivity contribution < 1.29 is 0 Å². The molecule has 0 atom stereocenters. The van der Waals surface area contributed by atoms with E-state index in [1.54, 1.807) is 0 Å². The summed E-state index contributed by atoms with van der Waals surface area (Å²) in [7, 11) is 2.10. The van der Waals surface area contributed by atoms with Crippen LogP contribution in [0, 0.1) is 0 Å². The van der Waals surface area contributed by atoms with Gasteiger partial charge in [0.05, 0.1) is 10.0 Å². The van der Waals surface area contributed by atoms with Gasteiger partial charge in [0.25, 0.3) is 0 Å². The summed E-state index contributed by atoms with van der Waals surface area (Å²) in [5.41, 5.74) is 1.19. The Hall–Kier alpha value is -0.280. The maximum absolute atomic E-state index is 5.98. The lowest BCUT2D eigenvalue weighted by atomic mass is 10.2. The van der Waals surface area contributed by atoms with E-state index in [1.807, 2.05) is 18.2 Å². The predicted molar refractivity (Wildman–Crippen MR) is 75.9 cm³/mol. The summed E-state index contributed by atoms with van der Waals surface area (Å²) in [6.07, 6.45) is 0.